The summed E-state index contributed by atoms with van der Waals surface area (Å²) in [5.74, 6) is 3.02. The van der Waals surface area contributed by atoms with Gasteiger partial charge in [-0.2, -0.15) is 0 Å². The molecule has 0 heterocycles. The third-order valence-electron chi connectivity index (χ3n) is 2.10. The molecular weight excluding hydrogens is 172 g/mol. The van der Waals surface area contributed by atoms with Crippen molar-refractivity contribution in [3.8, 4) is 12.3 Å². The third-order valence-corrected chi connectivity index (χ3v) is 2.10. The molecule has 0 saturated carbocycles. The molecule has 1 aromatic carbocycles. The van der Waals surface area contributed by atoms with Crippen molar-refractivity contribution in [1.82, 2.24) is 0 Å². The third kappa shape index (κ3) is 3.24. The summed E-state index contributed by atoms with van der Waals surface area (Å²) in [4.78, 5) is 0. The molecule has 0 N–H and O–H groups in total. The topological polar surface area (TPSA) is 9.23 Å². The highest BCUT2D eigenvalue weighted by molar-refractivity contribution is 5.24. The van der Waals surface area contributed by atoms with Crippen LogP contribution in [-0.4, -0.2) is 6.61 Å². The van der Waals surface area contributed by atoms with Gasteiger partial charge in [0.25, 0.3) is 0 Å². The highest BCUT2D eigenvalue weighted by Gasteiger charge is 1.98. The summed E-state index contributed by atoms with van der Waals surface area (Å²) < 4.78 is 5.23. The zero-order chi connectivity index (χ0) is 10.4. The lowest BCUT2D eigenvalue weighted by atomic mass is 10.0. The minimum Gasteiger partial charge on any atom is -0.364 e. The summed E-state index contributed by atoms with van der Waals surface area (Å²) >= 11 is 0. The first-order valence-corrected chi connectivity index (χ1v) is 4.84. The van der Waals surface area contributed by atoms with Crippen LogP contribution in [0.15, 0.2) is 24.3 Å². The fourth-order valence-electron chi connectivity index (χ4n) is 1.23. The van der Waals surface area contributed by atoms with E-state index in [4.69, 9.17) is 11.2 Å². The first-order chi connectivity index (χ1) is 6.74. The fourth-order valence-corrected chi connectivity index (χ4v) is 1.23. The average Bonchev–Trinajstić information content (AvgIpc) is 2.19. The summed E-state index contributed by atoms with van der Waals surface area (Å²) in [7, 11) is 0. The summed E-state index contributed by atoms with van der Waals surface area (Å²) in [5.41, 5.74) is 2.52. The molecule has 74 valence electrons. The van der Waals surface area contributed by atoms with E-state index >= 15 is 0 Å². The zero-order valence-corrected chi connectivity index (χ0v) is 8.79. The van der Waals surface area contributed by atoms with Crippen molar-refractivity contribution >= 4 is 0 Å². The number of hydrogen-bond acceptors (Lipinski definition) is 1. The predicted molar refractivity (Wildman–Crippen MR) is 59.0 cm³/mol. The minimum atomic E-state index is 0.381. The molecule has 1 heteroatoms. The normalized spacial score (nSPS) is 10.1. The highest BCUT2D eigenvalue weighted by atomic mass is 16.5. The monoisotopic (exact) mass is 188 g/mol. The summed E-state index contributed by atoms with van der Waals surface area (Å²) in [6.45, 7) is 5.35. The maximum Gasteiger partial charge on any atom is 0.107 e. The lowest BCUT2D eigenvalue weighted by Gasteiger charge is -2.06. The lowest BCUT2D eigenvalue weighted by Crippen LogP contribution is -1.94. The van der Waals surface area contributed by atoms with E-state index < -0.39 is 0 Å². The molecule has 0 aliphatic rings. The van der Waals surface area contributed by atoms with Gasteiger partial charge in [0.05, 0.1) is 6.61 Å². The Labute approximate surface area is 86.1 Å². The van der Waals surface area contributed by atoms with E-state index in [-0.39, 0.29) is 0 Å². The predicted octanol–water partition coefficient (Wildman–Crippen LogP) is 2.96. The van der Waals surface area contributed by atoms with E-state index in [1.807, 2.05) is 0 Å². The smallest absolute Gasteiger partial charge is 0.107 e. The molecule has 0 aromatic heterocycles. The SMILES string of the molecule is C#CCOCc1ccc(C(C)C)cc1. The van der Waals surface area contributed by atoms with E-state index in [0.29, 0.717) is 19.1 Å². The summed E-state index contributed by atoms with van der Waals surface area (Å²) in [6, 6.07) is 8.45. The quantitative estimate of drug-likeness (QED) is 0.521. The average molecular weight is 188 g/mol. The molecule has 14 heavy (non-hydrogen) atoms. The number of rotatable bonds is 4. The van der Waals surface area contributed by atoms with Crippen LogP contribution >= 0.6 is 0 Å². The minimum absolute atomic E-state index is 0.381. The second-order valence-electron chi connectivity index (χ2n) is 3.59. The van der Waals surface area contributed by atoms with Crippen LogP contribution in [0.3, 0.4) is 0 Å². The van der Waals surface area contributed by atoms with Crippen molar-refractivity contribution in [2.75, 3.05) is 6.61 Å². The standard InChI is InChI=1S/C13H16O/c1-4-9-14-10-12-5-7-13(8-6-12)11(2)3/h1,5-8,11H,9-10H2,2-3H3. The van der Waals surface area contributed by atoms with Crippen LogP contribution in [-0.2, 0) is 11.3 Å². The van der Waals surface area contributed by atoms with E-state index in [9.17, 15) is 0 Å². The van der Waals surface area contributed by atoms with Crippen LogP contribution in [0.5, 0.6) is 0 Å². The molecule has 0 spiro atoms. The van der Waals surface area contributed by atoms with Gasteiger partial charge in [-0.15, -0.1) is 6.42 Å². The zero-order valence-electron chi connectivity index (χ0n) is 8.79. The first kappa shape index (κ1) is 10.8. The molecule has 1 nitrogen and oxygen atoms in total. The van der Waals surface area contributed by atoms with E-state index in [2.05, 4.69) is 44.0 Å². The van der Waals surface area contributed by atoms with Gasteiger partial charge in [-0.1, -0.05) is 44.0 Å². The molecule has 0 bridgehead atoms. The Morgan fingerprint density at radius 1 is 1.29 bits per heavy atom. The molecule has 1 aromatic rings. The Kier molecular flexibility index (Phi) is 4.22. The molecule has 0 unspecified atom stereocenters. The number of hydrogen-bond donors (Lipinski definition) is 0. The maximum atomic E-state index is 5.23. The van der Waals surface area contributed by atoms with Crippen LogP contribution in [0.4, 0.5) is 0 Å². The molecular formula is C13H16O. The van der Waals surface area contributed by atoms with Gasteiger partial charge in [0.1, 0.15) is 6.61 Å². The van der Waals surface area contributed by atoms with E-state index in [0.717, 1.165) is 0 Å². The van der Waals surface area contributed by atoms with Gasteiger partial charge in [-0.25, -0.2) is 0 Å². The van der Waals surface area contributed by atoms with Crippen molar-refractivity contribution in [2.24, 2.45) is 0 Å². The Morgan fingerprint density at radius 3 is 2.43 bits per heavy atom. The van der Waals surface area contributed by atoms with Crippen LogP contribution in [0.1, 0.15) is 30.9 Å². The molecule has 1 rings (SSSR count). The Hall–Kier alpha value is -1.26. The van der Waals surface area contributed by atoms with Gasteiger partial charge < -0.3 is 4.74 Å². The molecule has 0 aliphatic heterocycles. The molecule has 0 aliphatic carbocycles. The van der Waals surface area contributed by atoms with Gasteiger partial charge in [0.2, 0.25) is 0 Å². The largest absolute Gasteiger partial charge is 0.364 e. The highest BCUT2D eigenvalue weighted by Crippen LogP contribution is 2.14. The summed E-state index contributed by atoms with van der Waals surface area (Å²) in [6.07, 6.45) is 5.08. The van der Waals surface area contributed by atoms with E-state index in [1.165, 1.54) is 11.1 Å². The van der Waals surface area contributed by atoms with Gasteiger partial charge in [0, 0.05) is 0 Å². The van der Waals surface area contributed by atoms with Crippen LogP contribution < -0.4 is 0 Å². The van der Waals surface area contributed by atoms with Crippen molar-refractivity contribution in [3.05, 3.63) is 35.4 Å². The maximum absolute atomic E-state index is 5.23. The van der Waals surface area contributed by atoms with Gasteiger partial charge in [0.15, 0.2) is 0 Å². The Bertz CT molecular complexity index is 303. The summed E-state index contributed by atoms with van der Waals surface area (Å²) in [5, 5.41) is 0. The molecule has 0 atom stereocenters. The Balaban J connectivity index is 2.52. The molecule has 0 saturated heterocycles. The van der Waals surface area contributed by atoms with Crippen molar-refractivity contribution in [1.29, 1.82) is 0 Å². The van der Waals surface area contributed by atoms with Crippen LogP contribution in [0.25, 0.3) is 0 Å². The van der Waals surface area contributed by atoms with Crippen molar-refractivity contribution in [3.63, 3.8) is 0 Å². The van der Waals surface area contributed by atoms with Crippen molar-refractivity contribution in [2.45, 2.75) is 26.4 Å². The first-order valence-electron chi connectivity index (χ1n) is 4.84. The molecule has 0 amide bonds. The number of terminal acetylenes is 1. The fraction of sp³-hybridized carbons (Fsp3) is 0.385. The van der Waals surface area contributed by atoms with Gasteiger partial charge >= 0.3 is 0 Å². The van der Waals surface area contributed by atoms with Crippen LogP contribution in [0.2, 0.25) is 0 Å². The second-order valence-corrected chi connectivity index (χ2v) is 3.59. The number of benzene rings is 1. The van der Waals surface area contributed by atoms with Crippen molar-refractivity contribution < 1.29 is 4.74 Å². The lowest BCUT2D eigenvalue weighted by molar-refractivity contribution is 0.153. The molecule has 0 fully saturated rings. The molecule has 0 radical (unpaired) electrons. The van der Waals surface area contributed by atoms with Crippen LogP contribution in [0, 0.1) is 12.3 Å². The van der Waals surface area contributed by atoms with Gasteiger partial charge in [-0.3, -0.25) is 0 Å². The second kappa shape index (κ2) is 5.47. The van der Waals surface area contributed by atoms with Gasteiger partial charge in [-0.05, 0) is 17.0 Å². The Morgan fingerprint density at radius 2 is 1.93 bits per heavy atom. The van der Waals surface area contributed by atoms with E-state index in [1.54, 1.807) is 0 Å². The number of ether oxygens (including phenoxy) is 1.